The summed E-state index contributed by atoms with van der Waals surface area (Å²) in [5.74, 6) is 0.877. The molecule has 3 aromatic rings. The number of H-pyrrole nitrogens is 2. The van der Waals surface area contributed by atoms with Crippen LogP contribution < -0.4 is 11.2 Å². The van der Waals surface area contributed by atoms with Crippen molar-refractivity contribution in [3.05, 3.63) is 85.3 Å². The van der Waals surface area contributed by atoms with Crippen LogP contribution in [-0.4, -0.2) is 38.8 Å². The number of likely N-dealkylation sites (tertiary alicyclic amines) is 1. The fourth-order valence-electron chi connectivity index (χ4n) is 3.56. The van der Waals surface area contributed by atoms with Gasteiger partial charge in [-0.25, -0.2) is 9.78 Å². The number of rotatable bonds is 4. The Bertz CT molecular complexity index is 1120. The lowest BCUT2D eigenvalue weighted by atomic mass is 9.97. The molecule has 0 saturated carbocycles. The zero-order valence-electron chi connectivity index (χ0n) is 15.5. The molecule has 2 aromatic heterocycles. The maximum absolute atomic E-state index is 12.7. The molecule has 0 spiro atoms. The lowest BCUT2D eigenvalue weighted by molar-refractivity contribution is 0.0691. The minimum Gasteiger partial charge on any atom is -0.445 e. The van der Waals surface area contributed by atoms with E-state index < -0.39 is 11.2 Å². The number of nitrogens with one attached hydrogen (secondary N) is 2. The molecule has 8 nitrogen and oxygen atoms in total. The van der Waals surface area contributed by atoms with Gasteiger partial charge >= 0.3 is 5.69 Å². The first kappa shape index (κ1) is 19.2. The van der Waals surface area contributed by atoms with Gasteiger partial charge < -0.3 is 14.3 Å². The molecule has 150 valence electrons. The van der Waals surface area contributed by atoms with Gasteiger partial charge in [0.15, 0.2) is 5.89 Å². The monoisotopic (exact) mass is 414 g/mol. The van der Waals surface area contributed by atoms with Gasteiger partial charge in [0.05, 0.1) is 12.1 Å². The van der Waals surface area contributed by atoms with E-state index in [9.17, 15) is 14.4 Å². The van der Waals surface area contributed by atoms with Gasteiger partial charge in [0.1, 0.15) is 11.5 Å². The van der Waals surface area contributed by atoms with Gasteiger partial charge in [-0.1, -0.05) is 23.7 Å². The van der Waals surface area contributed by atoms with Gasteiger partial charge in [0, 0.05) is 30.6 Å². The van der Waals surface area contributed by atoms with E-state index in [0.29, 0.717) is 30.4 Å². The van der Waals surface area contributed by atoms with Gasteiger partial charge in [-0.2, -0.15) is 0 Å². The number of amides is 1. The van der Waals surface area contributed by atoms with Gasteiger partial charge in [-0.15, -0.1) is 0 Å². The van der Waals surface area contributed by atoms with E-state index in [1.54, 1.807) is 11.1 Å². The van der Waals surface area contributed by atoms with E-state index in [1.165, 1.54) is 0 Å². The van der Waals surface area contributed by atoms with Crippen molar-refractivity contribution in [2.24, 2.45) is 0 Å². The fourth-order valence-corrected chi connectivity index (χ4v) is 3.77. The summed E-state index contributed by atoms with van der Waals surface area (Å²) in [6, 6.07) is 8.66. The predicted molar refractivity (Wildman–Crippen MR) is 106 cm³/mol. The van der Waals surface area contributed by atoms with Gasteiger partial charge in [0.25, 0.3) is 11.5 Å². The zero-order valence-corrected chi connectivity index (χ0v) is 16.2. The van der Waals surface area contributed by atoms with Crippen molar-refractivity contribution < 1.29 is 9.21 Å². The average Bonchev–Trinajstić information content (AvgIpc) is 3.15. The summed E-state index contributed by atoms with van der Waals surface area (Å²) in [6.45, 7) is 0.949. The zero-order chi connectivity index (χ0) is 20.4. The van der Waals surface area contributed by atoms with Crippen LogP contribution in [0, 0.1) is 0 Å². The number of carbonyl (C=O) groups excluding carboxylic acids is 1. The second-order valence-electron chi connectivity index (χ2n) is 7.06. The molecule has 0 bridgehead atoms. The summed E-state index contributed by atoms with van der Waals surface area (Å²) >= 11 is 6.03. The molecule has 1 atom stereocenters. The Morgan fingerprint density at radius 1 is 1.28 bits per heavy atom. The first-order valence-electron chi connectivity index (χ1n) is 9.30. The Hall–Kier alpha value is -3.13. The summed E-state index contributed by atoms with van der Waals surface area (Å²) in [5.41, 5.74) is -0.302. The number of aromatic nitrogens is 3. The molecule has 0 aliphatic carbocycles. The van der Waals surface area contributed by atoms with Crippen molar-refractivity contribution in [2.75, 3.05) is 13.1 Å². The molecule has 1 aliphatic heterocycles. The topological polar surface area (TPSA) is 112 Å². The van der Waals surface area contributed by atoms with Crippen LogP contribution in [0.15, 0.2) is 50.5 Å². The highest BCUT2D eigenvalue weighted by atomic mass is 35.5. The molecule has 0 radical (unpaired) electrons. The van der Waals surface area contributed by atoms with Crippen molar-refractivity contribution in [3.8, 4) is 0 Å². The molecule has 1 saturated heterocycles. The van der Waals surface area contributed by atoms with Gasteiger partial charge in [-0.05, 0) is 30.5 Å². The average molecular weight is 415 g/mol. The van der Waals surface area contributed by atoms with Crippen LogP contribution in [0.2, 0.25) is 5.02 Å². The van der Waals surface area contributed by atoms with Crippen molar-refractivity contribution in [2.45, 2.75) is 25.2 Å². The lowest BCUT2D eigenvalue weighted by Gasteiger charge is -2.31. The smallest absolute Gasteiger partial charge is 0.326 e. The quantitative estimate of drug-likeness (QED) is 0.680. The molecule has 2 N–H and O–H groups in total. The van der Waals surface area contributed by atoms with Crippen molar-refractivity contribution in [3.63, 3.8) is 0 Å². The van der Waals surface area contributed by atoms with Crippen LogP contribution in [-0.2, 0) is 6.42 Å². The number of aromatic amines is 2. The Labute approximate surface area is 170 Å². The predicted octanol–water partition coefficient (Wildman–Crippen LogP) is 2.32. The van der Waals surface area contributed by atoms with E-state index in [-0.39, 0.29) is 17.5 Å². The second kappa shape index (κ2) is 8.08. The first-order chi connectivity index (χ1) is 14.0. The van der Waals surface area contributed by atoms with E-state index >= 15 is 0 Å². The number of halogens is 1. The SMILES string of the molecule is O=C(c1cc(=O)[nH]c(=O)[nH]1)N1CCCC(c2ncc(Cc3cccc(Cl)c3)o2)C1. The van der Waals surface area contributed by atoms with Crippen LogP contribution in [0.1, 0.15) is 46.5 Å². The first-order valence-corrected chi connectivity index (χ1v) is 9.68. The van der Waals surface area contributed by atoms with E-state index in [4.69, 9.17) is 16.0 Å². The highest BCUT2D eigenvalue weighted by Gasteiger charge is 2.29. The molecule has 1 unspecified atom stereocenters. The molecule has 9 heteroatoms. The molecule has 3 heterocycles. The highest BCUT2D eigenvalue weighted by Crippen LogP contribution is 2.28. The number of benzene rings is 1. The Morgan fingerprint density at radius 3 is 2.93 bits per heavy atom. The maximum atomic E-state index is 12.7. The van der Waals surface area contributed by atoms with E-state index in [2.05, 4.69) is 15.0 Å². The third-order valence-corrected chi connectivity index (χ3v) is 5.12. The van der Waals surface area contributed by atoms with Gasteiger partial charge in [-0.3, -0.25) is 14.6 Å². The highest BCUT2D eigenvalue weighted by molar-refractivity contribution is 6.30. The molecule has 29 heavy (non-hydrogen) atoms. The summed E-state index contributed by atoms with van der Waals surface area (Å²) in [6.07, 6.45) is 3.89. The molecule has 1 amide bonds. The molecule has 1 fully saturated rings. The van der Waals surface area contributed by atoms with Crippen LogP contribution in [0.5, 0.6) is 0 Å². The van der Waals surface area contributed by atoms with E-state index in [1.807, 2.05) is 24.3 Å². The number of hydrogen-bond donors (Lipinski definition) is 2. The Kier molecular flexibility index (Phi) is 5.35. The minimum atomic E-state index is -0.701. The molecule has 4 rings (SSSR count). The maximum Gasteiger partial charge on any atom is 0.326 e. The van der Waals surface area contributed by atoms with E-state index in [0.717, 1.165) is 30.2 Å². The van der Waals surface area contributed by atoms with Gasteiger partial charge in [0.2, 0.25) is 0 Å². The lowest BCUT2D eigenvalue weighted by Crippen LogP contribution is -2.41. The molecule has 1 aliphatic rings. The number of hydrogen-bond acceptors (Lipinski definition) is 5. The van der Waals surface area contributed by atoms with Crippen LogP contribution >= 0.6 is 11.6 Å². The van der Waals surface area contributed by atoms with Crippen LogP contribution in [0.25, 0.3) is 0 Å². The molecule has 1 aromatic carbocycles. The molecular weight excluding hydrogens is 396 g/mol. The molecular formula is C20H19ClN4O4. The Balaban J connectivity index is 1.47. The number of carbonyl (C=O) groups is 1. The van der Waals surface area contributed by atoms with Crippen molar-refractivity contribution >= 4 is 17.5 Å². The largest absolute Gasteiger partial charge is 0.445 e. The number of piperidine rings is 1. The van der Waals surface area contributed by atoms with Crippen molar-refractivity contribution in [1.82, 2.24) is 19.9 Å². The Morgan fingerprint density at radius 2 is 2.14 bits per heavy atom. The fraction of sp³-hybridized carbons (Fsp3) is 0.300. The van der Waals surface area contributed by atoms with Crippen LogP contribution in [0.4, 0.5) is 0 Å². The third-order valence-electron chi connectivity index (χ3n) is 4.89. The van der Waals surface area contributed by atoms with Crippen LogP contribution in [0.3, 0.4) is 0 Å². The minimum absolute atomic E-state index is 0.0200. The second-order valence-corrected chi connectivity index (χ2v) is 7.50. The number of nitrogens with zero attached hydrogens (tertiary/aromatic N) is 2. The summed E-state index contributed by atoms with van der Waals surface area (Å²) in [7, 11) is 0. The summed E-state index contributed by atoms with van der Waals surface area (Å²) in [5, 5.41) is 0.668. The number of oxazole rings is 1. The van der Waals surface area contributed by atoms with Crippen molar-refractivity contribution in [1.29, 1.82) is 0 Å². The third kappa shape index (κ3) is 4.48. The normalized spacial score (nSPS) is 16.7. The summed E-state index contributed by atoms with van der Waals surface area (Å²) in [4.78, 5) is 46.1. The summed E-state index contributed by atoms with van der Waals surface area (Å²) < 4.78 is 5.93. The standard InChI is InChI=1S/C20H19ClN4O4/c21-14-5-1-3-12(7-14)8-15-10-22-18(29-15)13-4-2-6-25(11-13)19(27)16-9-17(26)24-20(28)23-16/h1,3,5,7,9-10,13H,2,4,6,8,11H2,(H2,23,24,26,28).